The van der Waals surface area contributed by atoms with E-state index in [1.807, 2.05) is 11.9 Å². The number of nitrogens with two attached hydrogens (primary N) is 1. The second kappa shape index (κ2) is 5.83. The first-order chi connectivity index (χ1) is 5.65. The van der Waals surface area contributed by atoms with Gasteiger partial charge in [0.2, 0.25) is 5.96 Å². The van der Waals surface area contributed by atoms with Gasteiger partial charge in [-0.25, -0.2) is 5.84 Å². The van der Waals surface area contributed by atoms with Gasteiger partial charge in [0.15, 0.2) is 0 Å². The van der Waals surface area contributed by atoms with Crippen molar-refractivity contribution in [3.05, 3.63) is 0 Å². The molecular formula is C8H20N4. The zero-order valence-corrected chi connectivity index (χ0v) is 8.46. The maximum absolute atomic E-state index is 5.28. The van der Waals surface area contributed by atoms with Gasteiger partial charge in [-0.2, -0.15) is 0 Å². The third-order valence-corrected chi connectivity index (χ3v) is 1.98. The van der Waals surface area contributed by atoms with Crippen LogP contribution in [0.2, 0.25) is 0 Å². The lowest BCUT2D eigenvalue weighted by molar-refractivity contribution is 0.385. The van der Waals surface area contributed by atoms with Gasteiger partial charge in [0, 0.05) is 20.6 Å². The van der Waals surface area contributed by atoms with Gasteiger partial charge in [-0.05, 0) is 5.92 Å². The van der Waals surface area contributed by atoms with Gasteiger partial charge in [0.1, 0.15) is 0 Å². The summed E-state index contributed by atoms with van der Waals surface area (Å²) >= 11 is 0. The van der Waals surface area contributed by atoms with Crippen LogP contribution in [0.3, 0.4) is 0 Å². The molecule has 0 rings (SSSR count). The predicted octanol–water partition coefficient (Wildman–Crippen LogP) is 0.413. The van der Waals surface area contributed by atoms with Gasteiger partial charge in [-0.3, -0.25) is 10.4 Å². The minimum absolute atomic E-state index is 0.667. The van der Waals surface area contributed by atoms with Gasteiger partial charge in [-0.1, -0.05) is 20.3 Å². The van der Waals surface area contributed by atoms with E-state index in [2.05, 4.69) is 24.3 Å². The van der Waals surface area contributed by atoms with Crippen molar-refractivity contribution >= 4 is 5.96 Å². The van der Waals surface area contributed by atoms with Crippen LogP contribution in [0.4, 0.5) is 0 Å². The lowest BCUT2D eigenvalue weighted by Crippen LogP contribution is -2.44. The SMILES string of the molecule is CCC(C)CN(C)C(=NC)NN. The van der Waals surface area contributed by atoms with Gasteiger partial charge in [0.25, 0.3) is 0 Å². The van der Waals surface area contributed by atoms with Crippen molar-refractivity contribution in [3.63, 3.8) is 0 Å². The fourth-order valence-corrected chi connectivity index (χ4v) is 1.03. The average Bonchev–Trinajstić information content (AvgIpc) is 2.06. The van der Waals surface area contributed by atoms with Crippen LogP contribution < -0.4 is 11.3 Å². The number of aliphatic imine (C=N–C) groups is 1. The first-order valence-electron chi connectivity index (χ1n) is 4.30. The molecule has 0 aliphatic rings. The Morgan fingerprint density at radius 3 is 2.58 bits per heavy atom. The molecule has 0 saturated heterocycles. The number of hydrazine groups is 1. The van der Waals surface area contributed by atoms with Crippen molar-refractivity contribution < 1.29 is 0 Å². The van der Waals surface area contributed by atoms with Crippen LogP contribution in [-0.2, 0) is 0 Å². The largest absolute Gasteiger partial charge is 0.345 e. The topological polar surface area (TPSA) is 53.6 Å². The second-order valence-electron chi connectivity index (χ2n) is 3.09. The van der Waals surface area contributed by atoms with E-state index in [1.54, 1.807) is 7.05 Å². The van der Waals surface area contributed by atoms with Crippen LogP contribution in [0.5, 0.6) is 0 Å². The molecule has 0 saturated carbocycles. The van der Waals surface area contributed by atoms with E-state index in [4.69, 9.17) is 5.84 Å². The molecule has 1 atom stereocenters. The molecule has 3 N–H and O–H groups in total. The first kappa shape index (κ1) is 11.2. The Hall–Kier alpha value is -0.770. The molecular weight excluding hydrogens is 152 g/mol. The van der Waals surface area contributed by atoms with Crippen LogP contribution in [0, 0.1) is 5.92 Å². The zero-order chi connectivity index (χ0) is 9.56. The van der Waals surface area contributed by atoms with E-state index in [0.717, 1.165) is 12.5 Å². The molecule has 0 aromatic rings. The number of guanidine groups is 1. The number of hydrogen-bond donors (Lipinski definition) is 2. The molecule has 0 aliphatic heterocycles. The lowest BCUT2D eigenvalue weighted by atomic mass is 10.1. The highest BCUT2D eigenvalue weighted by Gasteiger charge is 2.06. The molecule has 0 aromatic heterocycles. The molecule has 12 heavy (non-hydrogen) atoms. The van der Waals surface area contributed by atoms with E-state index in [-0.39, 0.29) is 0 Å². The van der Waals surface area contributed by atoms with Crippen LogP contribution >= 0.6 is 0 Å². The molecule has 0 amide bonds. The summed E-state index contributed by atoms with van der Waals surface area (Å²) in [4.78, 5) is 6.02. The molecule has 0 aliphatic carbocycles. The molecule has 0 fully saturated rings. The Morgan fingerprint density at radius 1 is 1.67 bits per heavy atom. The summed E-state index contributed by atoms with van der Waals surface area (Å²) in [5.74, 6) is 6.68. The molecule has 0 radical (unpaired) electrons. The highest BCUT2D eigenvalue weighted by Crippen LogP contribution is 2.01. The Bertz CT molecular complexity index is 144. The highest BCUT2D eigenvalue weighted by atomic mass is 15.4. The van der Waals surface area contributed by atoms with Crippen LogP contribution in [0.1, 0.15) is 20.3 Å². The van der Waals surface area contributed by atoms with Crippen molar-refractivity contribution in [1.29, 1.82) is 0 Å². The van der Waals surface area contributed by atoms with Gasteiger partial charge in [-0.15, -0.1) is 0 Å². The monoisotopic (exact) mass is 172 g/mol. The van der Waals surface area contributed by atoms with E-state index >= 15 is 0 Å². The summed E-state index contributed by atoms with van der Waals surface area (Å²) in [5.41, 5.74) is 2.56. The van der Waals surface area contributed by atoms with Gasteiger partial charge < -0.3 is 4.90 Å². The van der Waals surface area contributed by atoms with Crippen molar-refractivity contribution in [2.75, 3.05) is 20.6 Å². The van der Waals surface area contributed by atoms with Gasteiger partial charge in [0.05, 0.1) is 0 Å². The fraction of sp³-hybridized carbons (Fsp3) is 0.875. The number of nitrogens with zero attached hydrogens (tertiary/aromatic N) is 2. The Balaban J connectivity index is 3.93. The Morgan fingerprint density at radius 2 is 2.25 bits per heavy atom. The van der Waals surface area contributed by atoms with E-state index in [0.29, 0.717) is 5.92 Å². The first-order valence-corrected chi connectivity index (χ1v) is 4.30. The number of rotatable bonds is 3. The number of hydrogen-bond acceptors (Lipinski definition) is 2. The third-order valence-electron chi connectivity index (χ3n) is 1.98. The average molecular weight is 172 g/mol. The van der Waals surface area contributed by atoms with Crippen LogP contribution in [-0.4, -0.2) is 31.5 Å². The number of nitrogens with one attached hydrogen (secondary N) is 1. The molecule has 4 nitrogen and oxygen atoms in total. The maximum atomic E-state index is 5.28. The summed E-state index contributed by atoms with van der Waals surface area (Å²) < 4.78 is 0. The highest BCUT2D eigenvalue weighted by molar-refractivity contribution is 5.78. The van der Waals surface area contributed by atoms with E-state index in [1.165, 1.54) is 6.42 Å². The van der Waals surface area contributed by atoms with Crippen LogP contribution in [0.15, 0.2) is 4.99 Å². The molecule has 4 heteroatoms. The van der Waals surface area contributed by atoms with Gasteiger partial charge >= 0.3 is 0 Å². The smallest absolute Gasteiger partial charge is 0.207 e. The summed E-state index contributed by atoms with van der Waals surface area (Å²) in [6.45, 7) is 5.37. The molecule has 0 aromatic carbocycles. The van der Waals surface area contributed by atoms with E-state index < -0.39 is 0 Å². The Kier molecular flexibility index (Phi) is 5.45. The lowest BCUT2D eigenvalue weighted by Gasteiger charge is -2.23. The molecule has 0 heterocycles. The third kappa shape index (κ3) is 3.57. The van der Waals surface area contributed by atoms with Crippen molar-refractivity contribution in [3.8, 4) is 0 Å². The molecule has 72 valence electrons. The minimum atomic E-state index is 0.667. The zero-order valence-electron chi connectivity index (χ0n) is 8.46. The standard InChI is InChI=1S/C8H20N4/c1-5-7(2)6-12(4)8(10-3)11-9/h7H,5-6,9H2,1-4H3,(H,10,11). The van der Waals surface area contributed by atoms with Crippen LogP contribution in [0.25, 0.3) is 0 Å². The summed E-state index contributed by atoms with van der Waals surface area (Å²) in [7, 11) is 3.71. The van der Waals surface area contributed by atoms with E-state index in [9.17, 15) is 0 Å². The predicted molar refractivity (Wildman–Crippen MR) is 52.8 cm³/mol. The summed E-state index contributed by atoms with van der Waals surface area (Å²) in [6, 6.07) is 0. The summed E-state index contributed by atoms with van der Waals surface area (Å²) in [5, 5.41) is 0. The summed E-state index contributed by atoms with van der Waals surface area (Å²) in [6.07, 6.45) is 1.17. The van der Waals surface area contributed by atoms with Crippen molar-refractivity contribution in [2.45, 2.75) is 20.3 Å². The molecule has 0 bridgehead atoms. The Labute approximate surface area is 74.8 Å². The maximum Gasteiger partial charge on any atom is 0.207 e. The fourth-order valence-electron chi connectivity index (χ4n) is 1.03. The molecule has 0 spiro atoms. The second-order valence-corrected chi connectivity index (χ2v) is 3.09. The molecule has 1 unspecified atom stereocenters. The van der Waals surface area contributed by atoms with Crippen molar-refractivity contribution in [2.24, 2.45) is 16.8 Å². The van der Waals surface area contributed by atoms with Crippen molar-refractivity contribution in [1.82, 2.24) is 10.3 Å². The normalized spacial score (nSPS) is 14.2. The quantitative estimate of drug-likeness (QED) is 0.281. The minimum Gasteiger partial charge on any atom is -0.345 e.